The van der Waals surface area contributed by atoms with Crippen LogP contribution in [-0.4, -0.2) is 16.9 Å². The van der Waals surface area contributed by atoms with E-state index in [1.165, 1.54) is 11.1 Å². The highest BCUT2D eigenvalue weighted by Crippen LogP contribution is 2.18. The van der Waals surface area contributed by atoms with Gasteiger partial charge in [0.1, 0.15) is 0 Å². The fraction of sp³-hybridized carbons (Fsp3) is 0.300. The van der Waals surface area contributed by atoms with Crippen molar-refractivity contribution in [3.8, 4) is 0 Å². The fourth-order valence-electron chi connectivity index (χ4n) is 1.42. The van der Waals surface area contributed by atoms with Gasteiger partial charge >= 0.3 is 0 Å². The van der Waals surface area contributed by atoms with Crippen molar-refractivity contribution in [1.29, 1.82) is 0 Å². The molecule has 76 valence electrons. The quantitative estimate of drug-likeness (QED) is 0.584. The van der Waals surface area contributed by atoms with Gasteiger partial charge in [0, 0.05) is 6.26 Å². The molecule has 4 heteroatoms. The minimum absolute atomic E-state index is 0. The van der Waals surface area contributed by atoms with Crippen molar-refractivity contribution in [3.63, 3.8) is 0 Å². The van der Waals surface area contributed by atoms with E-state index in [-0.39, 0.29) is 24.0 Å². The molecule has 0 aromatic heterocycles. The van der Waals surface area contributed by atoms with Gasteiger partial charge in [0.25, 0.3) is 0 Å². The van der Waals surface area contributed by atoms with Gasteiger partial charge in [0.05, 0.1) is 19.4 Å². The van der Waals surface area contributed by atoms with Crippen LogP contribution >= 0.6 is 35.9 Å². The molecule has 0 N–H and O–H groups in total. The zero-order valence-corrected chi connectivity index (χ0v) is 11.2. The fourth-order valence-corrected chi connectivity index (χ4v) is 1.85. The summed E-state index contributed by atoms with van der Waals surface area (Å²) in [5.41, 5.74) is 2.73. The Morgan fingerprint density at radius 1 is 1.29 bits per heavy atom. The Labute approximate surface area is 106 Å². The molecular weight excluding hydrogens is 307 g/mol. The van der Waals surface area contributed by atoms with Gasteiger partial charge < -0.3 is 4.31 Å². The van der Waals surface area contributed by atoms with Crippen LogP contribution in [0.1, 0.15) is 11.1 Å². The van der Waals surface area contributed by atoms with E-state index in [0.717, 1.165) is 13.1 Å². The molecule has 2 rings (SSSR count). The summed E-state index contributed by atoms with van der Waals surface area (Å²) in [5, 5.41) is 0. The summed E-state index contributed by atoms with van der Waals surface area (Å²) in [6.07, 6.45) is 3.99. The number of benzene rings is 1. The van der Waals surface area contributed by atoms with Crippen molar-refractivity contribution in [3.05, 3.63) is 35.4 Å². The van der Waals surface area contributed by atoms with Crippen molar-refractivity contribution in [2.75, 3.05) is 6.26 Å². The predicted octanol–water partition coefficient (Wildman–Crippen LogP) is 2.93. The highest BCUT2D eigenvalue weighted by atomic mass is 127. The van der Waals surface area contributed by atoms with E-state index in [1.807, 2.05) is 6.34 Å². The minimum atomic E-state index is 0. The number of hydrogen-bond donors (Lipinski definition) is 0. The second-order valence-corrected chi connectivity index (χ2v) is 3.82. The van der Waals surface area contributed by atoms with E-state index in [0.29, 0.717) is 0 Å². The Morgan fingerprint density at radius 2 is 2.00 bits per heavy atom. The normalized spacial score (nSPS) is 14.2. The molecule has 0 saturated heterocycles. The molecule has 0 unspecified atom stereocenters. The van der Waals surface area contributed by atoms with Crippen molar-refractivity contribution in [2.24, 2.45) is 4.99 Å². The van der Waals surface area contributed by atoms with Gasteiger partial charge in [-0.2, -0.15) is 0 Å². The molecule has 1 aliphatic heterocycles. The van der Waals surface area contributed by atoms with E-state index < -0.39 is 0 Å². The lowest BCUT2D eigenvalue weighted by molar-refractivity contribution is 0.695. The summed E-state index contributed by atoms with van der Waals surface area (Å²) in [5.74, 6) is 0. The summed E-state index contributed by atoms with van der Waals surface area (Å²) < 4.78 is 2.14. The Bertz CT molecular complexity index is 328. The van der Waals surface area contributed by atoms with Crippen LogP contribution in [0.5, 0.6) is 0 Å². The van der Waals surface area contributed by atoms with Crippen molar-refractivity contribution in [2.45, 2.75) is 13.1 Å². The zero-order chi connectivity index (χ0) is 9.10. The number of halogens is 1. The third kappa shape index (κ3) is 2.63. The van der Waals surface area contributed by atoms with E-state index in [2.05, 4.69) is 39.8 Å². The van der Waals surface area contributed by atoms with Gasteiger partial charge in [-0.15, -0.1) is 24.0 Å². The van der Waals surface area contributed by atoms with E-state index in [1.54, 1.807) is 11.9 Å². The number of aliphatic imine (C=N–C) groups is 1. The monoisotopic (exact) mass is 320 g/mol. The average molecular weight is 320 g/mol. The highest BCUT2D eigenvalue weighted by molar-refractivity contribution is 14.0. The first-order chi connectivity index (χ1) is 6.40. The zero-order valence-electron chi connectivity index (χ0n) is 8.01. The van der Waals surface area contributed by atoms with Gasteiger partial charge in [0.2, 0.25) is 0 Å². The lowest BCUT2D eigenvalue weighted by atomic mass is 10.1. The average Bonchev–Trinajstić information content (AvgIpc) is 2.38. The maximum absolute atomic E-state index is 4.34. The molecule has 1 aliphatic rings. The third-order valence-corrected chi connectivity index (χ3v) is 2.84. The van der Waals surface area contributed by atoms with E-state index in [4.69, 9.17) is 0 Å². The molecule has 1 aromatic carbocycles. The minimum Gasteiger partial charge on any atom is -0.303 e. The van der Waals surface area contributed by atoms with Crippen LogP contribution < -0.4 is 0 Å². The first-order valence-electron chi connectivity index (χ1n) is 4.27. The van der Waals surface area contributed by atoms with Crippen LogP contribution in [-0.2, 0) is 13.1 Å². The molecule has 0 amide bonds. The lowest BCUT2D eigenvalue weighted by Gasteiger charge is -2.14. The van der Waals surface area contributed by atoms with Gasteiger partial charge in [-0.25, -0.2) is 0 Å². The second kappa shape index (κ2) is 5.60. The van der Waals surface area contributed by atoms with Crippen molar-refractivity contribution >= 4 is 42.3 Å². The number of fused-ring (bicyclic) bond motifs is 1. The largest absolute Gasteiger partial charge is 0.303 e. The molecule has 1 aromatic rings. The van der Waals surface area contributed by atoms with E-state index in [9.17, 15) is 0 Å². The topological polar surface area (TPSA) is 15.6 Å². The molecule has 1 heterocycles. The van der Waals surface area contributed by atoms with Crippen LogP contribution in [0.3, 0.4) is 0 Å². The maximum Gasteiger partial charge on any atom is 0.0956 e. The summed E-state index contributed by atoms with van der Waals surface area (Å²) in [4.78, 5) is 4.34. The van der Waals surface area contributed by atoms with Gasteiger partial charge in [-0.1, -0.05) is 36.2 Å². The molecule has 0 spiro atoms. The Kier molecular flexibility index (Phi) is 4.74. The lowest BCUT2D eigenvalue weighted by Crippen LogP contribution is -2.10. The molecule has 0 aliphatic carbocycles. The maximum atomic E-state index is 4.34. The summed E-state index contributed by atoms with van der Waals surface area (Å²) in [6, 6.07) is 8.48. The third-order valence-electron chi connectivity index (χ3n) is 2.15. The van der Waals surface area contributed by atoms with Gasteiger partial charge in [-0.3, -0.25) is 4.99 Å². The summed E-state index contributed by atoms with van der Waals surface area (Å²) in [7, 11) is 0. The highest BCUT2D eigenvalue weighted by Gasteiger charge is 2.07. The van der Waals surface area contributed by atoms with Crippen LogP contribution in [0.25, 0.3) is 0 Å². The summed E-state index contributed by atoms with van der Waals surface area (Å²) >= 11 is 1.71. The van der Waals surface area contributed by atoms with E-state index >= 15 is 0 Å². The molecular formula is C10H13IN2S. The van der Waals surface area contributed by atoms with Crippen molar-refractivity contribution in [1.82, 2.24) is 4.31 Å². The van der Waals surface area contributed by atoms with Crippen LogP contribution in [0.2, 0.25) is 0 Å². The molecule has 0 radical (unpaired) electrons. The number of rotatable bonds is 1. The molecule has 0 saturated carbocycles. The number of hydrogen-bond acceptors (Lipinski definition) is 3. The Balaban J connectivity index is 0.000000980. The van der Waals surface area contributed by atoms with Gasteiger partial charge in [-0.05, 0) is 11.1 Å². The predicted molar refractivity (Wildman–Crippen MR) is 73.1 cm³/mol. The van der Waals surface area contributed by atoms with Gasteiger partial charge in [0.15, 0.2) is 0 Å². The van der Waals surface area contributed by atoms with Crippen molar-refractivity contribution < 1.29 is 0 Å². The first-order valence-corrected chi connectivity index (χ1v) is 5.46. The molecule has 0 atom stereocenters. The Hall–Kier alpha value is -0.230. The molecule has 0 fully saturated rings. The second-order valence-electron chi connectivity index (χ2n) is 2.98. The smallest absolute Gasteiger partial charge is 0.0956 e. The van der Waals surface area contributed by atoms with Crippen LogP contribution in [0.4, 0.5) is 0 Å². The molecule has 0 bridgehead atoms. The Morgan fingerprint density at radius 3 is 2.71 bits per heavy atom. The molecule has 2 nitrogen and oxygen atoms in total. The van der Waals surface area contributed by atoms with Crippen LogP contribution in [0, 0.1) is 0 Å². The number of nitrogens with zero attached hydrogens (tertiary/aromatic N) is 2. The standard InChI is InChI=1S/C10H12N2S.HI/c1-13-12-7-10-5-3-2-4-9(10)6-11-8-12;/h2-5,8H,6-7H2,1H3;1H. The SMILES string of the molecule is CSN1C=NCc2ccccc2C1.I. The molecule has 14 heavy (non-hydrogen) atoms. The summed E-state index contributed by atoms with van der Waals surface area (Å²) in [6.45, 7) is 1.77. The van der Waals surface area contributed by atoms with Crippen LogP contribution in [0.15, 0.2) is 29.3 Å². The first kappa shape index (κ1) is 11.8.